The number of hydrogen-bond donors (Lipinski definition) is 2. The van der Waals surface area contributed by atoms with Crippen molar-refractivity contribution in [2.45, 2.75) is 5.75 Å². The van der Waals surface area contributed by atoms with Gasteiger partial charge in [-0.15, -0.1) is 11.3 Å². The van der Waals surface area contributed by atoms with Crippen molar-refractivity contribution in [2.75, 3.05) is 5.32 Å². The second kappa shape index (κ2) is 8.23. The molecule has 2 aromatic carbocycles. The lowest BCUT2D eigenvalue weighted by Crippen LogP contribution is -2.15. The summed E-state index contributed by atoms with van der Waals surface area (Å²) in [5, 5.41) is 8.52. The summed E-state index contributed by atoms with van der Waals surface area (Å²) in [6.45, 7) is 0. The molecule has 0 saturated carbocycles. The molecule has 1 amide bonds. The zero-order valence-electron chi connectivity index (χ0n) is 15.6. The van der Waals surface area contributed by atoms with Gasteiger partial charge in [-0.2, -0.15) is 0 Å². The maximum absolute atomic E-state index is 13.1. The van der Waals surface area contributed by atoms with Crippen molar-refractivity contribution in [2.24, 2.45) is 5.14 Å². The number of nitrogens with one attached hydrogen (secondary N) is 1. The Morgan fingerprint density at radius 1 is 1.07 bits per heavy atom. The van der Waals surface area contributed by atoms with Crippen molar-refractivity contribution in [1.82, 2.24) is 4.98 Å². The summed E-state index contributed by atoms with van der Waals surface area (Å²) >= 11 is 1.22. The molecule has 0 unspecified atom stereocenters. The first-order valence-electron chi connectivity index (χ1n) is 8.90. The predicted octanol–water partition coefficient (Wildman–Crippen LogP) is 4.11. The minimum atomic E-state index is -3.67. The highest BCUT2D eigenvalue weighted by Gasteiger charge is 2.21. The number of benzene rings is 2. The quantitative estimate of drug-likeness (QED) is 0.469. The zero-order valence-corrected chi connectivity index (χ0v) is 17.2. The van der Waals surface area contributed by atoms with E-state index in [1.807, 2.05) is 30.3 Å². The largest absolute Gasteiger partial charge is 0.462 e. The highest BCUT2D eigenvalue weighted by atomic mass is 32.2. The van der Waals surface area contributed by atoms with Gasteiger partial charge in [0.05, 0.1) is 17.7 Å². The standard InChI is InChI=1S/C21H17N3O4S2/c22-30(26,27)13-14-6-4-9-16(12-14)23-20(25)19-18(15-7-2-1-3-8-15)24-21(29-19)17-10-5-11-28-17/h1-12H,13H2,(H,23,25)(H2,22,26,27). The van der Waals surface area contributed by atoms with Gasteiger partial charge in [0.15, 0.2) is 10.8 Å². The van der Waals surface area contributed by atoms with Gasteiger partial charge in [-0.25, -0.2) is 18.5 Å². The van der Waals surface area contributed by atoms with E-state index in [0.717, 1.165) is 5.56 Å². The number of hydrogen-bond acceptors (Lipinski definition) is 6. The summed E-state index contributed by atoms with van der Waals surface area (Å²) in [6, 6.07) is 19.5. The van der Waals surface area contributed by atoms with Crippen LogP contribution >= 0.6 is 11.3 Å². The molecule has 2 heterocycles. The molecule has 0 saturated heterocycles. The fourth-order valence-electron chi connectivity index (χ4n) is 2.93. The number of thiazole rings is 1. The number of primary sulfonamides is 1. The molecule has 9 heteroatoms. The number of sulfonamides is 1. The van der Waals surface area contributed by atoms with Gasteiger partial charge in [0.2, 0.25) is 10.0 Å². The minimum absolute atomic E-state index is 0.310. The molecule has 0 aliphatic heterocycles. The van der Waals surface area contributed by atoms with Crippen LogP contribution in [0.15, 0.2) is 77.4 Å². The van der Waals surface area contributed by atoms with Crippen LogP contribution in [-0.2, 0) is 15.8 Å². The topological polar surface area (TPSA) is 115 Å². The monoisotopic (exact) mass is 439 g/mol. The van der Waals surface area contributed by atoms with E-state index in [-0.39, 0.29) is 11.7 Å². The van der Waals surface area contributed by atoms with Crippen LogP contribution in [-0.4, -0.2) is 19.3 Å². The van der Waals surface area contributed by atoms with Gasteiger partial charge in [-0.05, 0) is 29.8 Å². The highest BCUT2D eigenvalue weighted by Crippen LogP contribution is 2.34. The van der Waals surface area contributed by atoms with Gasteiger partial charge in [0, 0.05) is 11.3 Å². The number of aromatic nitrogens is 1. The van der Waals surface area contributed by atoms with E-state index in [9.17, 15) is 13.2 Å². The van der Waals surface area contributed by atoms with Crippen LogP contribution in [0.4, 0.5) is 5.69 Å². The lowest BCUT2D eigenvalue weighted by molar-refractivity contribution is 0.103. The second-order valence-electron chi connectivity index (χ2n) is 6.50. The third kappa shape index (κ3) is 4.65. The lowest BCUT2D eigenvalue weighted by atomic mass is 10.1. The second-order valence-corrected chi connectivity index (χ2v) is 9.12. The predicted molar refractivity (Wildman–Crippen MR) is 116 cm³/mol. The lowest BCUT2D eigenvalue weighted by Gasteiger charge is -2.07. The molecule has 2 aromatic heterocycles. The number of carbonyl (C=O) groups excluding carboxylic acids is 1. The number of carbonyl (C=O) groups is 1. The van der Waals surface area contributed by atoms with E-state index >= 15 is 0 Å². The first kappa shape index (κ1) is 20.0. The van der Waals surface area contributed by atoms with Crippen LogP contribution in [0.1, 0.15) is 15.2 Å². The average molecular weight is 440 g/mol. The van der Waals surface area contributed by atoms with E-state index in [0.29, 0.717) is 32.6 Å². The van der Waals surface area contributed by atoms with Crippen molar-refractivity contribution < 1.29 is 17.6 Å². The van der Waals surface area contributed by atoms with Crippen molar-refractivity contribution in [1.29, 1.82) is 0 Å². The van der Waals surface area contributed by atoms with Crippen LogP contribution < -0.4 is 10.5 Å². The first-order chi connectivity index (χ1) is 14.4. The molecule has 0 bridgehead atoms. The van der Waals surface area contributed by atoms with Gasteiger partial charge >= 0.3 is 0 Å². The Morgan fingerprint density at radius 2 is 1.87 bits per heavy atom. The van der Waals surface area contributed by atoms with Gasteiger partial charge in [0.1, 0.15) is 4.88 Å². The molecule has 0 spiro atoms. The fourth-order valence-corrected chi connectivity index (χ4v) is 4.53. The summed E-state index contributed by atoms with van der Waals surface area (Å²) < 4.78 is 28.1. The fraction of sp³-hybridized carbons (Fsp3) is 0.0476. The SMILES string of the molecule is NS(=O)(=O)Cc1cccc(NC(=O)c2sc(-c3ccco3)nc2-c2ccccc2)c1. The Hall–Kier alpha value is -3.27. The average Bonchev–Trinajstić information content (AvgIpc) is 3.37. The Balaban J connectivity index is 1.68. The van der Waals surface area contributed by atoms with Crippen LogP contribution in [0.25, 0.3) is 22.0 Å². The van der Waals surface area contributed by atoms with Crippen LogP contribution in [0.2, 0.25) is 0 Å². The molecule has 0 aliphatic rings. The number of nitrogens with zero attached hydrogens (tertiary/aromatic N) is 1. The Bertz CT molecular complexity index is 1280. The van der Waals surface area contributed by atoms with Crippen LogP contribution in [0.3, 0.4) is 0 Å². The third-order valence-electron chi connectivity index (χ3n) is 4.17. The van der Waals surface area contributed by atoms with E-state index in [1.54, 1.807) is 42.7 Å². The normalized spacial score (nSPS) is 11.4. The third-order valence-corrected chi connectivity index (χ3v) is 5.97. The summed E-state index contributed by atoms with van der Waals surface area (Å²) in [5.41, 5.74) is 2.30. The van der Waals surface area contributed by atoms with Gasteiger partial charge < -0.3 is 9.73 Å². The molecule has 0 atom stereocenters. The molecule has 4 aromatic rings. The summed E-state index contributed by atoms with van der Waals surface area (Å²) in [6.07, 6.45) is 1.55. The Morgan fingerprint density at radius 3 is 2.57 bits per heavy atom. The van der Waals surface area contributed by atoms with Crippen molar-refractivity contribution >= 4 is 33.0 Å². The van der Waals surface area contributed by atoms with Gasteiger partial charge in [-0.3, -0.25) is 4.79 Å². The number of nitrogens with two attached hydrogens (primary N) is 1. The van der Waals surface area contributed by atoms with Gasteiger partial charge in [0.25, 0.3) is 5.91 Å². The molecule has 0 aliphatic carbocycles. The molecule has 0 fully saturated rings. The zero-order chi connectivity index (χ0) is 21.1. The van der Waals surface area contributed by atoms with E-state index in [2.05, 4.69) is 10.3 Å². The Kier molecular flexibility index (Phi) is 5.49. The first-order valence-corrected chi connectivity index (χ1v) is 11.4. The van der Waals surface area contributed by atoms with E-state index in [1.165, 1.54) is 11.3 Å². The number of amides is 1. The molecule has 0 radical (unpaired) electrons. The van der Waals surface area contributed by atoms with Crippen molar-refractivity contribution in [3.8, 4) is 22.0 Å². The Labute approximate surface area is 177 Å². The number of anilines is 1. The van der Waals surface area contributed by atoms with Crippen LogP contribution in [0.5, 0.6) is 0 Å². The molecule has 30 heavy (non-hydrogen) atoms. The van der Waals surface area contributed by atoms with E-state index in [4.69, 9.17) is 9.56 Å². The number of rotatable bonds is 6. The highest BCUT2D eigenvalue weighted by molar-refractivity contribution is 7.88. The minimum Gasteiger partial charge on any atom is -0.462 e. The molecular weight excluding hydrogens is 422 g/mol. The summed E-state index contributed by atoms with van der Waals surface area (Å²) in [4.78, 5) is 18.1. The molecule has 4 rings (SSSR count). The van der Waals surface area contributed by atoms with Crippen LogP contribution in [0, 0.1) is 0 Å². The molecule has 3 N–H and O–H groups in total. The van der Waals surface area contributed by atoms with E-state index < -0.39 is 10.0 Å². The number of furan rings is 1. The molecular formula is C21H17N3O4S2. The van der Waals surface area contributed by atoms with Crippen molar-refractivity contribution in [3.63, 3.8) is 0 Å². The molecule has 7 nitrogen and oxygen atoms in total. The van der Waals surface area contributed by atoms with Gasteiger partial charge in [-0.1, -0.05) is 42.5 Å². The summed E-state index contributed by atoms with van der Waals surface area (Å²) in [5.74, 6) is -0.0851. The van der Waals surface area contributed by atoms with Crippen molar-refractivity contribution in [3.05, 3.63) is 83.4 Å². The smallest absolute Gasteiger partial charge is 0.268 e. The maximum atomic E-state index is 13.1. The maximum Gasteiger partial charge on any atom is 0.268 e. The molecule has 152 valence electrons. The summed E-state index contributed by atoms with van der Waals surface area (Å²) in [7, 11) is -3.67.